The van der Waals surface area contributed by atoms with Gasteiger partial charge in [0.05, 0.1) is 5.69 Å². The van der Waals surface area contributed by atoms with E-state index in [1.165, 1.54) is 6.20 Å². The van der Waals surface area contributed by atoms with E-state index in [1.807, 2.05) is 43.3 Å². The van der Waals surface area contributed by atoms with Crippen molar-refractivity contribution in [2.75, 3.05) is 5.32 Å². The molecule has 112 valence electrons. The Bertz CT molecular complexity index is 735. The summed E-state index contributed by atoms with van der Waals surface area (Å²) in [6.07, 6.45) is 6.78. The second-order valence-corrected chi connectivity index (χ2v) is 5.08. The third-order valence-electron chi connectivity index (χ3n) is 2.85. The van der Waals surface area contributed by atoms with Gasteiger partial charge in [0.2, 0.25) is 5.95 Å². The second-order valence-electron chi connectivity index (χ2n) is 4.65. The zero-order valence-corrected chi connectivity index (χ0v) is 13.0. The highest BCUT2D eigenvalue weighted by atomic mass is 35.5. The third kappa shape index (κ3) is 4.20. The molecular formula is C17H17ClN4. The van der Waals surface area contributed by atoms with Gasteiger partial charge in [-0.25, -0.2) is 9.97 Å². The fourth-order valence-electron chi connectivity index (χ4n) is 1.86. The average molecular weight is 313 g/mol. The normalized spacial score (nSPS) is 11.6. The number of nitrogens with zero attached hydrogens (tertiary/aromatic N) is 2. The van der Waals surface area contributed by atoms with Crippen LogP contribution in [0, 0.1) is 0 Å². The van der Waals surface area contributed by atoms with Crippen LogP contribution in [0.4, 0.5) is 11.6 Å². The first-order valence-corrected chi connectivity index (χ1v) is 7.08. The van der Waals surface area contributed by atoms with Crippen LogP contribution in [0.2, 0.25) is 5.02 Å². The van der Waals surface area contributed by atoms with Crippen molar-refractivity contribution in [2.45, 2.75) is 6.92 Å². The SMILES string of the molecule is C=C(C)/C(=C\C=C/N)c1ccnc(Nc2cccc(Cl)c2)n1. The quantitative estimate of drug-likeness (QED) is 0.808. The van der Waals surface area contributed by atoms with Gasteiger partial charge in [-0.2, -0.15) is 0 Å². The Morgan fingerprint density at radius 3 is 2.86 bits per heavy atom. The van der Waals surface area contributed by atoms with Crippen LogP contribution in [0.15, 0.2) is 67.0 Å². The van der Waals surface area contributed by atoms with E-state index in [0.29, 0.717) is 11.0 Å². The van der Waals surface area contributed by atoms with Gasteiger partial charge in [0.25, 0.3) is 0 Å². The van der Waals surface area contributed by atoms with Gasteiger partial charge in [-0.1, -0.05) is 30.3 Å². The second kappa shape index (κ2) is 7.43. The van der Waals surface area contributed by atoms with E-state index in [9.17, 15) is 0 Å². The van der Waals surface area contributed by atoms with E-state index >= 15 is 0 Å². The fourth-order valence-corrected chi connectivity index (χ4v) is 2.05. The fraction of sp³-hybridized carbons (Fsp3) is 0.0588. The molecule has 22 heavy (non-hydrogen) atoms. The van der Waals surface area contributed by atoms with Gasteiger partial charge in [0.1, 0.15) is 0 Å². The summed E-state index contributed by atoms with van der Waals surface area (Å²) in [4.78, 5) is 8.72. The van der Waals surface area contributed by atoms with Crippen molar-refractivity contribution in [2.24, 2.45) is 5.73 Å². The van der Waals surface area contributed by atoms with Crippen LogP contribution in [-0.2, 0) is 0 Å². The van der Waals surface area contributed by atoms with Crippen LogP contribution in [0.5, 0.6) is 0 Å². The number of nitrogens with one attached hydrogen (secondary N) is 1. The number of allylic oxidation sites excluding steroid dienone is 4. The van der Waals surface area contributed by atoms with Crippen LogP contribution in [0.1, 0.15) is 12.6 Å². The van der Waals surface area contributed by atoms with Crippen molar-refractivity contribution in [1.82, 2.24) is 9.97 Å². The summed E-state index contributed by atoms with van der Waals surface area (Å²) >= 11 is 5.97. The van der Waals surface area contributed by atoms with Crippen molar-refractivity contribution in [3.8, 4) is 0 Å². The van der Waals surface area contributed by atoms with E-state index in [4.69, 9.17) is 17.3 Å². The van der Waals surface area contributed by atoms with Gasteiger partial charge in [0, 0.05) is 22.5 Å². The summed E-state index contributed by atoms with van der Waals surface area (Å²) in [5.41, 5.74) is 8.78. The number of hydrogen-bond donors (Lipinski definition) is 2. The highest BCUT2D eigenvalue weighted by Crippen LogP contribution is 2.22. The lowest BCUT2D eigenvalue weighted by Gasteiger charge is -2.09. The molecule has 0 saturated carbocycles. The molecule has 0 bridgehead atoms. The smallest absolute Gasteiger partial charge is 0.227 e. The monoisotopic (exact) mass is 312 g/mol. The Morgan fingerprint density at radius 2 is 2.18 bits per heavy atom. The highest BCUT2D eigenvalue weighted by molar-refractivity contribution is 6.30. The first kappa shape index (κ1) is 15.8. The van der Waals surface area contributed by atoms with E-state index in [1.54, 1.807) is 12.3 Å². The van der Waals surface area contributed by atoms with Crippen LogP contribution < -0.4 is 11.1 Å². The molecule has 0 saturated heterocycles. The van der Waals surface area contributed by atoms with E-state index < -0.39 is 0 Å². The Morgan fingerprint density at radius 1 is 1.36 bits per heavy atom. The molecule has 4 nitrogen and oxygen atoms in total. The summed E-state index contributed by atoms with van der Waals surface area (Å²) in [6.45, 7) is 5.89. The first-order valence-electron chi connectivity index (χ1n) is 6.70. The predicted octanol–water partition coefficient (Wildman–Crippen LogP) is 4.31. The maximum absolute atomic E-state index is 5.97. The molecule has 1 aromatic carbocycles. The molecule has 0 fully saturated rings. The van der Waals surface area contributed by atoms with Crippen LogP contribution in [0.25, 0.3) is 5.57 Å². The molecule has 0 aliphatic heterocycles. The molecule has 0 aliphatic carbocycles. The predicted molar refractivity (Wildman–Crippen MR) is 92.9 cm³/mol. The summed E-state index contributed by atoms with van der Waals surface area (Å²) < 4.78 is 0. The molecule has 0 unspecified atom stereocenters. The van der Waals surface area contributed by atoms with Crippen LogP contribution in [0.3, 0.4) is 0 Å². The molecule has 0 radical (unpaired) electrons. The molecule has 0 amide bonds. The number of hydrogen-bond acceptors (Lipinski definition) is 4. The minimum atomic E-state index is 0.489. The van der Waals surface area contributed by atoms with E-state index in [-0.39, 0.29) is 0 Å². The Balaban J connectivity index is 2.31. The Hall–Kier alpha value is -2.59. The Kier molecular flexibility index (Phi) is 5.33. The molecule has 1 heterocycles. The van der Waals surface area contributed by atoms with Crippen molar-refractivity contribution in [1.29, 1.82) is 0 Å². The van der Waals surface area contributed by atoms with Gasteiger partial charge in [-0.3, -0.25) is 0 Å². The lowest BCUT2D eigenvalue weighted by Crippen LogP contribution is -2.00. The van der Waals surface area contributed by atoms with Gasteiger partial charge in [0.15, 0.2) is 0 Å². The van der Waals surface area contributed by atoms with E-state index in [0.717, 1.165) is 22.5 Å². The lowest BCUT2D eigenvalue weighted by atomic mass is 10.1. The van der Waals surface area contributed by atoms with Crippen molar-refractivity contribution < 1.29 is 0 Å². The van der Waals surface area contributed by atoms with E-state index in [2.05, 4.69) is 21.9 Å². The number of benzene rings is 1. The van der Waals surface area contributed by atoms with Gasteiger partial charge in [-0.05, 0) is 49.0 Å². The minimum Gasteiger partial charge on any atom is -0.405 e. The van der Waals surface area contributed by atoms with Crippen LogP contribution >= 0.6 is 11.6 Å². The molecule has 5 heteroatoms. The number of anilines is 2. The highest BCUT2D eigenvalue weighted by Gasteiger charge is 2.06. The van der Waals surface area contributed by atoms with Gasteiger partial charge >= 0.3 is 0 Å². The number of halogens is 1. The number of rotatable bonds is 5. The largest absolute Gasteiger partial charge is 0.405 e. The van der Waals surface area contributed by atoms with Gasteiger partial charge in [-0.15, -0.1) is 0 Å². The first-order chi connectivity index (χ1) is 10.6. The molecular weight excluding hydrogens is 296 g/mol. The minimum absolute atomic E-state index is 0.489. The van der Waals surface area contributed by atoms with Gasteiger partial charge < -0.3 is 11.1 Å². The summed E-state index contributed by atoms with van der Waals surface area (Å²) in [6, 6.07) is 9.21. The lowest BCUT2D eigenvalue weighted by molar-refractivity contribution is 1.14. The topological polar surface area (TPSA) is 63.8 Å². The molecule has 0 atom stereocenters. The Labute approximate surface area is 135 Å². The molecule has 0 spiro atoms. The molecule has 0 aliphatic rings. The maximum Gasteiger partial charge on any atom is 0.227 e. The third-order valence-corrected chi connectivity index (χ3v) is 3.08. The molecule has 3 N–H and O–H groups in total. The zero-order chi connectivity index (χ0) is 15.9. The summed E-state index contributed by atoms with van der Waals surface area (Å²) in [7, 11) is 0. The van der Waals surface area contributed by atoms with Crippen LogP contribution in [-0.4, -0.2) is 9.97 Å². The zero-order valence-electron chi connectivity index (χ0n) is 12.3. The standard InChI is InChI=1S/C17H17ClN4/c1-12(2)15(7-4-9-19)16-8-10-20-17(22-16)21-14-6-3-5-13(18)11-14/h3-11H,1,19H2,2H3,(H,20,21,22)/b9-4-,15-7+. The van der Waals surface area contributed by atoms with Crippen molar-refractivity contribution in [3.05, 3.63) is 77.7 Å². The number of nitrogens with two attached hydrogens (primary N) is 1. The van der Waals surface area contributed by atoms with Crippen molar-refractivity contribution in [3.63, 3.8) is 0 Å². The maximum atomic E-state index is 5.97. The average Bonchev–Trinajstić information content (AvgIpc) is 2.48. The van der Waals surface area contributed by atoms with Crippen molar-refractivity contribution >= 4 is 28.8 Å². The summed E-state index contributed by atoms with van der Waals surface area (Å²) in [5, 5.41) is 3.78. The molecule has 2 rings (SSSR count). The molecule has 1 aromatic heterocycles. The summed E-state index contributed by atoms with van der Waals surface area (Å²) in [5.74, 6) is 0.489. The molecule has 2 aromatic rings. The number of aromatic nitrogens is 2.